The molecular formula is C11H20O4. The minimum atomic E-state index is -0.0443. The predicted molar refractivity (Wildman–Crippen MR) is 54.4 cm³/mol. The van der Waals surface area contributed by atoms with Crippen LogP contribution in [0.15, 0.2) is 0 Å². The van der Waals surface area contributed by atoms with Crippen LogP contribution >= 0.6 is 0 Å². The molecule has 0 N–H and O–H groups in total. The van der Waals surface area contributed by atoms with E-state index in [1.54, 1.807) is 7.11 Å². The van der Waals surface area contributed by atoms with Gasteiger partial charge in [-0.05, 0) is 25.7 Å². The maximum absolute atomic E-state index is 5.82. The first kappa shape index (κ1) is 11.3. The number of ether oxygens (including phenoxy) is 4. The lowest BCUT2D eigenvalue weighted by molar-refractivity contribution is -0.236. The van der Waals surface area contributed by atoms with Gasteiger partial charge in [0.25, 0.3) is 0 Å². The van der Waals surface area contributed by atoms with Gasteiger partial charge in [-0.15, -0.1) is 0 Å². The van der Waals surface area contributed by atoms with Crippen molar-refractivity contribution in [3.8, 4) is 0 Å². The van der Waals surface area contributed by atoms with Crippen molar-refractivity contribution in [3.63, 3.8) is 0 Å². The molecule has 0 saturated carbocycles. The lowest BCUT2D eigenvalue weighted by Crippen LogP contribution is -2.36. The Kier molecular flexibility index (Phi) is 4.38. The zero-order valence-corrected chi connectivity index (χ0v) is 9.31. The minimum absolute atomic E-state index is 0.00792. The van der Waals surface area contributed by atoms with Crippen LogP contribution in [0, 0.1) is 0 Å². The molecule has 15 heavy (non-hydrogen) atoms. The Hall–Kier alpha value is -0.160. The highest BCUT2D eigenvalue weighted by atomic mass is 16.7. The third-order valence-corrected chi connectivity index (χ3v) is 2.94. The van der Waals surface area contributed by atoms with Crippen LogP contribution in [0.1, 0.15) is 32.1 Å². The largest absolute Gasteiger partial charge is 0.356 e. The molecule has 0 aromatic carbocycles. The van der Waals surface area contributed by atoms with Crippen molar-refractivity contribution in [2.75, 3.05) is 20.3 Å². The second-order valence-corrected chi connectivity index (χ2v) is 4.13. The van der Waals surface area contributed by atoms with E-state index in [2.05, 4.69) is 0 Å². The second-order valence-electron chi connectivity index (χ2n) is 4.13. The van der Waals surface area contributed by atoms with Gasteiger partial charge in [0, 0.05) is 20.1 Å². The molecular weight excluding hydrogens is 196 g/mol. The Balaban J connectivity index is 1.67. The molecule has 0 aromatic rings. The Labute approximate surface area is 90.8 Å². The topological polar surface area (TPSA) is 36.9 Å². The third kappa shape index (κ3) is 3.41. The highest BCUT2D eigenvalue weighted by molar-refractivity contribution is 4.67. The van der Waals surface area contributed by atoms with E-state index in [0.29, 0.717) is 6.61 Å². The van der Waals surface area contributed by atoms with Crippen molar-refractivity contribution in [3.05, 3.63) is 0 Å². The lowest BCUT2D eigenvalue weighted by Gasteiger charge is -2.32. The molecule has 0 aromatic heterocycles. The normalized spacial score (nSPS) is 37.8. The SMILES string of the molecule is COC1CCC(OC2CCCCO2)CO1. The molecule has 2 heterocycles. The van der Waals surface area contributed by atoms with Gasteiger partial charge in [-0.2, -0.15) is 0 Å². The summed E-state index contributed by atoms with van der Waals surface area (Å²) in [6, 6.07) is 0. The van der Waals surface area contributed by atoms with Crippen LogP contribution in [0.4, 0.5) is 0 Å². The summed E-state index contributed by atoms with van der Waals surface area (Å²) in [5, 5.41) is 0. The van der Waals surface area contributed by atoms with E-state index in [9.17, 15) is 0 Å². The number of methoxy groups -OCH3 is 1. The third-order valence-electron chi connectivity index (χ3n) is 2.94. The lowest BCUT2D eigenvalue weighted by atomic mass is 10.1. The predicted octanol–water partition coefficient (Wildman–Crippen LogP) is 1.68. The molecule has 4 heteroatoms. The average molecular weight is 216 g/mol. The number of hydrogen-bond donors (Lipinski definition) is 0. The Morgan fingerprint density at radius 1 is 1.00 bits per heavy atom. The molecule has 2 aliphatic heterocycles. The van der Waals surface area contributed by atoms with Crippen molar-refractivity contribution in [1.29, 1.82) is 0 Å². The van der Waals surface area contributed by atoms with Crippen molar-refractivity contribution in [2.45, 2.75) is 50.8 Å². The van der Waals surface area contributed by atoms with Crippen molar-refractivity contribution in [2.24, 2.45) is 0 Å². The molecule has 3 unspecified atom stereocenters. The van der Waals surface area contributed by atoms with Crippen LogP contribution < -0.4 is 0 Å². The highest BCUT2D eigenvalue weighted by Crippen LogP contribution is 2.21. The van der Waals surface area contributed by atoms with Gasteiger partial charge in [0.2, 0.25) is 0 Å². The molecule has 0 radical (unpaired) electrons. The fraction of sp³-hybridized carbons (Fsp3) is 1.00. The molecule has 2 saturated heterocycles. The van der Waals surface area contributed by atoms with Crippen molar-refractivity contribution < 1.29 is 18.9 Å². The summed E-state index contributed by atoms with van der Waals surface area (Å²) >= 11 is 0. The van der Waals surface area contributed by atoms with E-state index in [-0.39, 0.29) is 18.7 Å². The van der Waals surface area contributed by atoms with E-state index in [1.807, 2.05) is 0 Å². The smallest absolute Gasteiger partial charge is 0.158 e. The molecule has 0 aliphatic carbocycles. The summed E-state index contributed by atoms with van der Waals surface area (Å²) in [5.41, 5.74) is 0. The van der Waals surface area contributed by atoms with Crippen LogP contribution in [0.3, 0.4) is 0 Å². The maximum atomic E-state index is 5.82. The Morgan fingerprint density at radius 2 is 1.93 bits per heavy atom. The summed E-state index contributed by atoms with van der Waals surface area (Å²) in [7, 11) is 1.68. The fourth-order valence-electron chi connectivity index (χ4n) is 2.03. The van der Waals surface area contributed by atoms with Gasteiger partial charge in [0.1, 0.15) is 0 Å². The summed E-state index contributed by atoms with van der Waals surface area (Å²) in [4.78, 5) is 0. The maximum Gasteiger partial charge on any atom is 0.158 e. The van der Waals surface area contributed by atoms with Gasteiger partial charge in [-0.3, -0.25) is 0 Å². The first-order valence-corrected chi connectivity index (χ1v) is 5.80. The molecule has 2 fully saturated rings. The zero-order chi connectivity index (χ0) is 10.5. The summed E-state index contributed by atoms with van der Waals surface area (Å²) in [6.07, 6.45) is 5.42. The standard InChI is InChI=1S/C11H20O4/c1-12-10-6-5-9(8-14-10)15-11-4-2-3-7-13-11/h9-11H,2-8H2,1H3. The van der Waals surface area contributed by atoms with Crippen molar-refractivity contribution in [1.82, 2.24) is 0 Å². The fourth-order valence-corrected chi connectivity index (χ4v) is 2.03. The molecule has 0 spiro atoms. The minimum Gasteiger partial charge on any atom is -0.356 e. The van der Waals surface area contributed by atoms with Gasteiger partial charge >= 0.3 is 0 Å². The van der Waals surface area contributed by atoms with Gasteiger partial charge in [-0.1, -0.05) is 0 Å². The molecule has 88 valence electrons. The summed E-state index contributed by atoms with van der Waals surface area (Å²) < 4.78 is 21.9. The van der Waals surface area contributed by atoms with Crippen LogP contribution in [0.5, 0.6) is 0 Å². The number of rotatable bonds is 3. The zero-order valence-electron chi connectivity index (χ0n) is 9.31. The molecule has 2 rings (SSSR count). The van der Waals surface area contributed by atoms with Gasteiger partial charge in [0.15, 0.2) is 12.6 Å². The van der Waals surface area contributed by atoms with E-state index < -0.39 is 0 Å². The Bertz CT molecular complexity index is 171. The molecule has 3 atom stereocenters. The van der Waals surface area contributed by atoms with Crippen molar-refractivity contribution >= 4 is 0 Å². The monoisotopic (exact) mass is 216 g/mol. The van der Waals surface area contributed by atoms with Gasteiger partial charge in [0.05, 0.1) is 12.7 Å². The first-order valence-electron chi connectivity index (χ1n) is 5.80. The van der Waals surface area contributed by atoms with E-state index >= 15 is 0 Å². The molecule has 0 bridgehead atoms. The van der Waals surface area contributed by atoms with E-state index in [1.165, 1.54) is 6.42 Å². The molecule has 0 amide bonds. The molecule has 4 nitrogen and oxygen atoms in total. The van der Waals surface area contributed by atoms with Crippen LogP contribution in [-0.4, -0.2) is 39.0 Å². The van der Waals surface area contributed by atoms with Gasteiger partial charge in [-0.25, -0.2) is 0 Å². The quantitative estimate of drug-likeness (QED) is 0.719. The van der Waals surface area contributed by atoms with Gasteiger partial charge < -0.3 is 18.9 Å². The highest BCUT2D eigenvalue weighted by Gasteiger charge is 2.25. The molecule has 2 aliphatic rings. The van der Waals surface area contributed by atoms with Crippen LogP contribution in [0.2, 0.25) is 0 Å². The first-order chi connectivity index (χ1) is 7.38. The van der Waals surface area contributed by atoms with Crippen LogP contribution in [0.25, 0.3) is 0 Å². The van der Waals surface area contributed by atoms with Crippen LogP contribution in [-0.2, 0) is 18.9 Å². The average Bonchev–Trinajstić information content (AvgIpc) is 2.31. The summed E-state index contributed by atoms with van der Waals surface area (Å²) in [6.45, 7) is 1.46. The van der Waals surface area contributed by atoms with E-state index in [0.717, 1.165) is 32.3 Å². The summed E-state index contributed by atoms with van der Waals surface area (Å²) in [5.74, 6) is 0. The Morgan fingerprint density at radius 3 is 2.53 bits per heavy atom. The second kappa shape index (κ2) is 5.80. The van der Waals surface area contributed by atoms with E-state index in [4.69, 9.17) is 18.9 Å². The number of hydrogen-bond acceptors (Lipinski definition) is 4.